The Balaban J connectivity index is -0.0000000303. The maximum absolute atomic E-state index is 10.1. The van der Waals surface area contributed by atoms with E-state index in [2.05, 4.69) is 23.6 Å². The van der Waals surface area contributed by atoms with E-state index in [1.807, 2.05) is 0 Å². The van der Waals surface area contributed by atoms with Crippen LogP contribution in [0, 0.1) is 0 Å². The molecule has 2 aromatic rings. The van der Waals surface area contributed by atoms with Crippen LogP contribution in [0.15, 0.2) is 12.7 Å². The molecule has 0 amide bonds. The Labute approximate surface area is 571 Å². The van der Waals surface area contributed by atoms with E-state index in [1.54, 1.807) is 0 Å². The second kappa shape index (κ2) is 35.9. The first-order chi connectivity index (χ1) is 14.5. The fraction of sp³-hybridized carbons (Fsp3) is 0.500. The van der Waals surface area contributed by atoms with Crippen LogP contribution >= 0.6 is 23.5 Å². The second-order valence-electron chi connectivity index (χ2n) is 5.82. The number of anilines is 1. The average Bonchev–Trinajstić information content (AvgIpc) is 3.14. The minimum atomic E-state index is -5.97. The first-order valence-electron chi connectivity index (χ1n) is 7.88. The molecule has 0 aliphatic carbocycles. The second-order valence-corrected chi connectivity index (χ2v) is 9.81. The maximum atomic E-state index is 10.1. The van der Waals surface area contributed by atoms with Gasteiger partial charge in [0.25, 0.3) is 7.82 Å². The van der Waals surface area contributed by atoms with Gasteiger partial charge in [-0.1, -0.05) is 0 Å². The Morgan fingerprint density at radius 2 is 1.29 bits per heavy atom. The van der Waals surface area contributed by atoms with E-state index in [4.69, 9.17) is 15.6 Å². The van der Waals surface area contributed by atoms with Gasteiger partial charge >= 0.3 is 405 Å². The predicted octanol–water partition coefficient (Wildman–Crippen LogP) is -35.2. The minimum absolute atomic E-state index is 0. The number of fused-ring (bicyclic) bond motifs is 1. The number of aliphatic hydroxyl groups excluding tert-OH is 3. The normalized spacial score (nSPS) is 18.6. The molecule has 3 heterocycles. The van der Waals surface area contributed by atoms with E-state index in [9.17, 15) is 48.4 Å². The Kier molecular flexibility index (Phi) is 63.9. The number of ether oxygens (including phenoxy) is 1. The van der Waals surface area contributed by atoms with E-state index < -0.39 is 54.6 Å². The number of phosphoric acid groups is 3. The number of hydrogen-bond acceptors (Lipinski definition) is 18. The van der Waals surface area contributed by atoms with E-state index >= 15 is 0 Å². The van der Waals surface area contributed by atoms with Crippen LogP contribution < -0.4 is 435 Å². The van der Waals surface area contributed by atoms with Crippen molar-refractivity contribution in [1.82, 2.24) is 19.5 Å². The molecule has 19 nitrogen and oxygen atoms in total. The predicted molar refractivity (Wildman–Crippen MR) is 93.3 cm³/mol. The number of aliphatic hydroxyl groups is 3. The molecular weight excluding hydrogens is 817 g/mol. The molecule has 192 valence electrons. The van der Waals surface area contributed by atoms with Crippen molar-refractivity contribution < 1.29 is 479 Å². The molecule has 32 heteroatoms. The summed E-state index contributed by atoms with van der Waals surface area (Å²) < 4.78 is 41.5. The summed E-state index contributed by atoms with van der Waals surface area (Å²) >= 11 is 0. The first kappa shape index (κ1) is 74.7. The van der Waals surface area contributed by atoms with E-state index in [-0.39, 0.29) is 418 Å². The number of nitrogens with two attached hydrogens (primary N) is 1. The molecule has 0 aromatic carbocycles. The zero-order valence-electron chi connectivity index (χ0n) is 30.2. The van der Waals surface area contributed by atoms with Crippen LogP contribution in [-0.4, -0.2) is 59.8 Å². The molecule has 3 rings (SSSR count). The zero-order valence-corrected chi connectivity index (χ0v) is 53.5. The van der Waals surface area contributed by atoms with E-state index in [1.165, 1.54) is 17.2 Å². The summed E-state index contributed by atoms with van der Waals surface area (Å²) in [6.45, 7) is -0.390. The van der Waals surface area contributed by atoms with Crippen molar-refractivity contribution in [1.29, 1.82) is 0 Å². The number of nitrogen functional groups attached to an aromatic ring is 1. The summed E-state index contributed by atoms with van der Waals surface area (Å²) in [5.41, 5.74) is 6.44. The molecule has 4 atom stereocenters. The Hall–Kier alpha value is 11.8. The van der Waals surface area contributed by atoms with Crippen LogP contribution in [0.4, 0.5) is 5.82 Å². The Bertz CT molecular complexity index is 1120. The third-order valence-corrected chi connectivity index (χ3v) is 6.78. The molecular formula is C10H18K5N5Na5O14P3. The number of rotatable bonds is 6. The van der Waals surface area contributed by atoms with Gasteiger partial charge in [-0.05, 0) is 0 Å². The van der Waals surface area contributed by atoms with Crippen molar-refractivity contribution in [2.45, 2.75) is 24.5 Å². The SMILES string of the molecule is Nc1ncnc2c1ncn2[C@@H]1O[C@H](CO)[C@@H](O)[C@H]1O.O=P([O-])([O-])OP(=O)([O-])OP(=O)([O-])[O-].[H-].[H-].[H-].[H-].[H-].[K+].[K+].[K+].[K+].[K+].[Na+].[Na+].[Na+].[Na+].[Na+]. The Morgan fingerprint density at radius 1 is 0.857 bits per heavy atom. The van der Waals surface area contributed by atoms with Gasteiger partial charge in [0.2, 0.25) is 0 Å². The van der Waals surface area contributed by atoms with Crippen molar-refractivity contribution >= 4 is 40.4 Å². The van der Waals surface area contributed by atoms with Crippen molar-refractivity contribution in [3.05, 3.63) is 12.7 Å². The summed E-state index contributed by atoms with van der Waals surface area (Å²) in [5, 5.41) is 28.7. The molecule has 0 saturated carbocycles. The third-order valence-electron chi connectivity index (χ3n) is 3.58. The van der Waals surface area contributed by atoms with Gasteiger partial charge in [-0.3, -0.25) is 17.8 Å². The number of imidazole rings is 1. The summed E-state index contributed by atoms with van der Waals surface area (Å²) in [6.07, 6.45) is -1.42. The van der Waals surface area contributed by atoms with Gasteiger partial charge < -0.3 is 66.5 Å². The molecule has 2 aromatic heterocycles. The quantitative estimate of drug-likeness (QED) is 0.155. The van der Waals surface area contributed by atoms with Gasteiger partial charge in [0.05, 0.1) is 28.6 Å². The van der Waals surface area contributed by atoms with Gasteiger partial charge in [-0.25, -0.2) is 15.0 Å². The molecule has 0 spiro atoms. The smallest absolute Gasteiger partial charge is 1.00 e. The molecule has 42 heavy (non-hydrogen) atoms. The molecule has 5 N–H and O–H groups in total. The van der Waals surface area contributed by atoms with Crippen molar-refractivity contribution in [3.8, 4) is 0 Å². The van der Waals surface area contributed by atoms with Crippen LogP contribution in [0.1, 0.15) is 13.4 Å². The fourth-order valence-corrected chi connectivity index (χ4v) is 4.77. The molecule has 0 radical (unpaired) electrons. The standard InChI is InChI=1S/C10H13N5O4.5K.5Na.H5O10P3.5H/c11-8-5-9(13-2-12-8)15(3-14-5)10-7(18)6(17)4(1-16)19-10;;;;;;;;;;;1-11(2,3)9-13(7,8)10-12(4,5)6;;;;;/h2-4,6-7,10,16-18H,1H2,(H2,11,12,13);;;;;;;;;;;(H,7,8)(H2,1,2,3)(H2,4,5,6);;;;;/q;10*+1;;5*-1/p-5/t4-,6-,7-,10-;;;;;;;;;;;;;;;;/m1................/s1. The summed E-state index contributed by atoms with van der Waals surface area (Å²) in [7, 11) is -17.9. The topological polar surface area (TPSA) is 325 Å². The average molecular weight is 836 g/mol. The van der Waals surface area contributed by atoms with Gasteiger partial charge in [0, 0.05) is 0 Å². The molecule has 1 aliphatic heterocycles. The van der Waals surface area contributed by atoms with Gasteiger partial charge in [-0.2, -0.15) is 0 Å². The zero-order chi connectivity index (χ0) is 24.5. The number of aromatic nitrogens is 4. The van der Waals surface area contributed by atoms with Crippen LogP contribution in [0.3, 0.4) is 0 Å². The van der Waals surface area contributed by atoms with Gasteiger partial charge in [0.1, 0.15) is 30.2 Å². The minimum Gasteiger partial charge on any atom is -1.00 e. The van der Waals surface area contributed by atoms with E-state index in [0.29, 0.717) is 11.2 Å². The van der Waals surface area contributed by atoms with Gasteiger partial charge in [0.15, 0.2) is 17.7 Å². The van der Waals surface area contributed by atoms with Crippen molar-refractivity contribution in [2.24, 2.45) is 0 Å². The van der Waals surface area contributed by atoms with Crippen LogP contribution in [0.2, 0.25) is 0 Å². The monoisotopic (exact) mass is 835 g/mol. The van der Waals surface area contributed by atoms with Crippen LogP contribution in [0.25, 0.3) is 11.2 Å². The molecule has 0 bridgehead atoms. The van der Waals surface area contributed by atoms with Crippen molar-refractivity contribution in [3.63, 3.8) is 0 Å². The molecule has 1 saturated heterocycles. The fourth-order valence-electron chi connectivity index (χ4n) is 2.43. The Morgan fingerprint density at radius 3 is 1.64 bits per heavy atom. The summed E-state index contributed by atoms with van der Waals surface area (Å²) in [6, 6.07) is 0. The molecule has 1 aliphatic rings. The molecule has 0 unspecified atom stereocenters. The number of hydrogen-bond donors (Lipinski definition) is 4. The van der Waals surface area contributed by atoms with Crippen molar-refractivity contribution in [2.75, 3.05) is 12.3 Å². The number of nitrogens with zero attached hydrogens (tertiary/aromatic N) is 4. The molecule has 1 fully saturated rings. The van der Waals surface area contributed by atoms with E-state index in [0.717, 1.165) is 0 Å². The third kappa shape index (κ3) is 28.2. The first-order valence-corrected chi connectivity index (χ1v) is 12.3. The van der Waals surface area contributed by atoms with Crippen LogP contribution in [0.5, 0.6) is 0 Å². The maximum Gasteiger partial charge on any atom is 1.00 e. The van der Waals surface area contributed by atoms with Gasteiger partial charge in [-0.15, -0.1) is 0 Å². The largest absolute Gasteiger partial charge is 1.00 e. The summed E-state index contributed by atoms with van der Waals surface area (Å²) in [4.78, 5) is 60.5. The van der Waals surface area contributed by atoms with Crippen LogP contribution in [-0.2, 0) is 27.1 Å². The summed E-state index contributed by atoms with van der Waals surface area (Å²) in [5.74, 6) is 0.218.